The lowest BCUT2D eigenvalue weighted by atomic mass is 10.3. The molecule has 92 valence electrons. The first-order chi connectivity index (χ1) is 7.82. The van der Waals surface area contributed by atoms with Crippen LogP contribution in [0.25, 0.3) is 0 Å². The summed E-state index contributed by atoms with van der Waals surface area (Å²) < 4.78 is 0. The van der Waals surface area contributed by atoms with E-state index < -0.39 is 10.8 Å². The fourth-order valence-corrected chi connectivity index (χ4v) is 1.36. The van der Waals surface area contributed by atoms with Crippen LogP contribution in [-0.4, -0.2) is 34.4 Å². The minimum absolute atomic E-state index is 0.0289. The third-order valence-electron chi connectivity index (χ3n) is 1.99. The smallest absolute Gasteiger partial charge is 0.332 e. The van der Waals surface area contributed by atoms with Gasteiger partial charge in [-0.05, 0) is 6.92 Å². The third kappa shape index (κ3) is 2.77. The van der Waals surface area contributed by atoms with Crippen LogP contribution in [0.15, 0.2) is 0 Å². The highest BCUT2D eigenvalue weighted by Gasteiger charge is 2.24. The van der Waals surface area contributed by atoms with Gasteiger partial charge in [-0.15, -0.1) is 0 Å². The second-order valence-corrected chi connectivity index (χ2v) is 3.42. The predicted molar refractivity (Wildman–Crippen MR) is 60.3 cm³/mol. The van der Waals surface area contributed by atoms with E-state index in [9.17, 15) is 14.9 Å². The molecule has 1 aromatic heterocycles. The summed E-state index contributed by atoms with van der Waals surface area (Å²) in [7, 11) is 1.46. The molecule has 1 rings (SSSR count). The molecule has 0 aliphatic rings. The van der Waals surface area contributed by atoms with Gasteiger partial charge in [0.1, 0.15) is 5.69 Å². The molecule has 0 spiro atoms. The summed E-state index contributed by atoms with van der Waals surface area (Å²) in [4.78, 5) is 29.7. The van der Waals surface area contributed by atoms with Crippen molar-refractivity contribution in [3.8, 4) is 0 Å². The summed E-state index contributed by atoms with van der Waals surface area (Å²) in [6.45, 7) is 1.24. The molecular weight excluding hydrogens is 228 g/mol. The van der Waals surface area contributed by atoms with E-state index in [1.54, 1.807) is 0 Å². The number of nitrogens with zero attached hydrogens (tertiary/aromatic N) is 4. The van der Waals surface area contributed by atoms with Gasteiger partial charge in [-0.3, -0.25) is 14.9 Å². The molecule has 4 N–H and O–H groups in total. The summed E-state index contributed by atoms with van der Waals surface area (Å²) in [5.74, 6) is -0.755. The van der Waals surface area contributed by atoms with Crippen LogP contribution in [0.4, 0.5) is 17.5 Å². The fraction of sp³-hybridized carbons (Fsp3) is 0.375. The lowest BCUT2D eigenvalue weighted by molar-refractivity contribution is -0.385. The molecule has 1 aromatic rings. The number of carbonyl (C=O) groups is 1. The molecule has 0 aromatic carbocycles. The van der Waals surface area contributed by atoms with Crippen LogP contribution in [-0.2, 0) is 4.79 Å². The number of likely N-dealkylation sites (N-methyl/N-ethyl adjacent to an activating group) is 1. The Labute approximate surface area is 96.6 Å². The Hall–Kier alpha value is -2.45. The molecule has 0 saturated carbocycles. The van der Waals surface area contributed by atoms with Crippen LogP contribution in [0.2, 0.25) is 0 Å². The molecule has 0 fully saturated rings. The van der Waals surface area contributed by atoms with E-state index in [1.165, 1.54) is 18.9 Å². The number of anilines is 2. The highest BCUT2D eigenvalue weighted by Crippen LogP contribution is 2.28. The van der Waals surface area contributed by atoms with Gasteiger partial charge in [0.15, 0.2) is 0 Å². The number of primary amides is 1. The van der Waals surface area contributed by atoms with Gasteiger partial charge in [-0.2, -0.15) is 4.98 Å². The van der Waals surface area contributed by atoms with Crippen molar-refractivity contribution in [3.05, 3.63) is 15.8 Å². The van der Waals surface area contributed by atoms with Crippen molar-refractivity contribution in [1.29, 1.82) is 0 Å². The van der Waals surface area contributed by atoms with Crippen LogP contribution in [0, 0.1) is 17.0 Å². The van der Waals surface area contributed by atoms with Crippen molar-refractivity contribution >= 4 is 23.4 Å². The van der Waals surface area contributed by atoms with E-state index in [0.29, 0.717) is 0 Å². The zero-order valence-electron chi connectivity index (χ0n) is 9.38. The van der Waals surface area contributed by atoms with Crippen LogP contribution in [0.3, 0.4) is 0 Å². The van der Waals surface area contributed by atoms with Gasteiger partial charge < -0.3 is 16.4 Å². The lowest BCUT2D eigenvalue weighted by Crippen LogP contribution is -2.32. The number of amides is 1. The maximum atomic E-state index is 10.9. The van der Waals surface area contributed by atoms with Gasteiger partial charge in [-0.25, -0.2) is 4.98 Å². The van der Waals surface area contributed by atoms with E-state index in [0.717, 1.165) is 0 Å². The average Bonchev–Trinajstić information content (AvgIpc) is 2.14. The van der Waals surface area contributed by atoms with Crippen LogP contribution in [0.1, 0.15) is 5.69 Å². The standard InChI is InChI=1S/C8H12N6O3/c1-4-6(14(16)17)7(12-8(10)11-4)13(2)3-5(9)15/h3H2,1-2H3,(H2,9,15)(H2,10,11,12). The van der Waals surface area contributed by atoms with Gasteiger partial charge in [0.25, 0.3) is 0 Å². The number of carbonyl (C=O) groups excluding carboxylic acids is 1. The number of aryl methyl sites for hydroxylation is 1. The predicted octanol–water partition coefficient (Wildman–Crippen LogP) is -0.803. The fourth-order valence-electron chi connectivity index (χ4n) is 1.36. The molecule has 1 amide bonds. The van der Waals surface area contributed by atoms with Crippen LogP contribution in [0.5, 0.6) is 0 Å². The van der Waals surface area contributed by atoms with Crippen molar-refractivity contribution in [2.75, 3.05) is 24.2 Å². The van der Waals surface area contributed by atoms with Crippen molar-refractivity contribution in [2.24, 2.45) is 5.73 Å². The zero-order valence-corrected chi connectivity index (χ0v) is 9.38. The highest BCUT2D eigenvalue weighted by atomic mass is 16.6. The quantitative estimate of drug-likeness (QED) is 0.518. The lowest BCUT2D eigenvalue weighted by Gasteiger charge is -2.16. The average molecular weight is 240 g/mol. The van der Waals surface area contributed by atoms with Crippen LogP contribution >= 0.6 is 0 Å². The molecule has 1 heterocycles. The zero-order chi connectivity index (χ0) is 13.2. The second kappa shape index (κ2) is 4.60. The number of aromatic nitrogens is 2. The van der Waals surface area contributed by atoms with Gasteiger partial charge in [0.05, 0.1) is 11.5 Å². The minimum Gasteiger partial charge on any atom is -0.368 e. The molecule has 9 nitrogen and oxygen atoms in total. The van der Waals surface area contributed by atoms with E-state index >= 15 is 0 Å². The second-order valence-electron chi connectivity index (χ2n) is 3.42. The van der Waals surface area contributed by atoms with Gasteiger partial charge in [-0.1, -0.05) is 0 Å². The van der Waals surface area contributed by atoms with Gasteiger partial charge >= 0.3 is 5.69 Å². The van der Waals surface area contributed by atoms with Crippen molar-refractivity contribution in [2.45, 2.75) is 6.92 Å². The topological polar surface area (TPSA) is 141 Å². The van der Waals surface area contributed by atoms with Crippen molar-refractivity contribution in [3.63, 3.8) is 0 Å². The van der Waals surface area contributed by atoms with Crippen molar-refractivity contribution < 1.29 is 9.72 Å². The SMILES string of the molecule is Cc1nc(N)nc(N(C)CC(N)=O)c1[N+](=O)[O-]. The molecule has 9 heteroatoms. The Morgan fingerprint density at radius 1 is 1.53 bits per heavy atom. The molecule has 0 unspecified atom stereocenters. The Bertz CT molecular complexity index is 475. The molecule has 0 aliphatic heterocycles. The third-order valence-corrected chi connectivity index (χ3v) is 1.99. The molecular formula is C8H12N6O3. The summed E-state index contributed by atoms with van der Waals surface area (Å²) >= 11 is 0. The maximum absolute atomic E-state index is 10.9. The van der Waals surface area contributed by atoms with E-state index in [1.807, 2.05) is 0 Å². The largest absolute Gasteiger partial charge is 0.368 e. The number of nitrogen functional groups attached to an aromatic ring is 1. The first kappa shape index (κ1) is 12.6. The number of rotatable bonds is 4. The van der Waals surface area contributed by atoms with E-state index in [-0.39, 0.29) is 29.7 Å². The summed E-state index contributed by atoms with van der Waals surface area (Å²) in [6, 6.07) is 0. The number of hydrogen-bond donors (Lipinski definition) is 2. The highest BCUT2D eigenvalue weighted by molar-refractivity contribution is 5.80. The number of nitro groups is 1. The Morgan fingerprint density at radius 3 is 2.59 bits per heavy atom. The molecule has 0 aliphatic carbocycles. The number of nitrogens with two attached hydrogens (primary N) is 2. The minimum atomic E-state index is -0.628. The van der Waals surface area contributed by atoms with Crippen LogP contribution < -0.4 is 16.4 Å². The molecule has 17 heavy (non-hydrogen) atoms. The van der Waals surface area contributed by atoms with Crippen molar-refractivity contribution in [1.82, 2.24) is 9.97 Å². The first-order valence-electron chi connectivity index (χ1n) is 4.61. The Kier molecular flexibility index (Phi) is 3.41. The Morgan fingerprint density at radius 2 is 2.12 bits per heavy atom. The summed E-state index contributed by atoms with van der Waals surface area (Å²) in [5.41, 5.74) is 10.3. The van der Waals surface area contributed by atoms with Gasteiger partial charge in [0, 0.05) is 7.05 Å². The normalized spacial score (nSPS) is 10.0. The van der Waals surface area contributed by atoms with E-state index in [2.05, 4.69) is 9.97 Å². The maximum Gasteiger partial charge on any atom is 0.332 e. The monoisotopic (exact) mass is 240 g/mol. The molecule has 0 atom stereocenters. The summed E-state index contributed by atoms with van der Waals surface area (Å²) in [6.07, 6.45) is 0. The molecule has 0 saturated heterocycles. The van der Waals surface area contributed by atoms with E-state index in [4.69, 9.17) is 11.5 Å². The summed E-state index contributed by atoms with van der Waals surface area (Å²) in [5, 5.41) is 10.9. The molecule has 0 bridgehead atoms. The van der Waals surface area contributed by atoms with Gasteiger partial charge in [0.2, 0.25) is 17.7 Å². The Balaban J connectivity index is 3.29. The number of hydrogen-bond acceptors (Lipinski definition) is 7. The molecule has 0 radical (unpaired) electrons. The first-order valence-corrected chi connectivity index (χ1v) is 4.61.